The number of anilines is 1. The molecule has 0 bridgehead atoms. The van der Waals surface area contributed by atoms with E-state index in [2.05, 4.69) is 10.3 Å². The topological polar surface area (TPSA) is 42.0 Å². The fourth-order valence-corrected chi connectivity index (χ4v) is 2.25. The summed E-state index contributed by atoms with van der Waals surface area (Å²) in [4.78, 5) is 15.8. The summed E-state index contributed by atoms with van der Waals surface area (Å²) in [6.07, 6.45) is 1.61. The van der Waals surface area contributed by atoms with Gasteiger partial charge in [-0.05, 0) is 12.1 Å². The average molecular weight is 273 g/mol. The molecular weight excluding hydrogens is 267 g/mol. The summed E-state index contributed by atoms with van der Waals surface area (Å²) in [6.45, 7) is 0. The molecule has 1 N–H and O–H groups in total. The Morgan fingerprint density at radius 1 is 1.31 bits per heavy atom. The molecule has 82 valence electrons. The first kappa shape index (κ1) is 11.4. The third kappa shape index (κ3) is 2.35. The Bertz CT molecular complexity index is 493. The number of amides is 1. The van der Waals surface area contributed by atoms with Crippen LogP contribution in [0.5, 0.6) is 0 Å². The van der Waals surface area contributed by atoms with E-state index in [1.165, 1.54) is 11.3 Å². The van der Waals surface area contributed by atoms with Gasteiger partial charge in [0, 0.05) is 11.6 Å². The number of thiazole rings is 1. The summed E-state index contributed by atoms with van der Waals surface area (Å²) < 4.78 is 0. The van der Waals surface area contributed by atoms with Crippen LogP contribution in [-0.2, 0) is 0 Å². The summed E-state index contributed by atoms with van der Waals surface area (Å²) in [6, 6.07) is 4.92. The number of hydrogen-bond acceptors (Lipinski definition) is 3. The van der Waals surface area contributed by atoms with Gasteiger partial charge < -0.3 is 0 Å². The Morgan fingerprint density at radius 2 is 2.00 bits per heavy atom. The molecule has 1 heterocycles. The summed E-state index contributed by atoms with van der Waals surface area (Å²) in [7, 11) is 0. The zero-order valence-electron chi connectivity index (χ0n) is 7.91. The molecule has 0 fully saturated rings. The van der Waals surface area contributed by atoms with Crippen LogP contribution in [0.2, 0.25) is 10.0 Å². The van der Waals surface area contributed by atoms with Crippen molar-refractivity contribution in [1.82, 2.24) is 4.98 Å². The fraction of sp³-hybridized carbons (Fsp3) is 0. The number of benzene rings is 1. The predicted octanol–water partition coefficient (Wildman–Crippen LogP) is 3.70. The van der Waals surface area contributed by atoms with E-state index in [4.69, 9.17) is 23.2 Å². The van der Waals surface area contributed by atoms with E-state index in [9.17, 15) is 4.79 Å². The highest BCUT2D eigenvalue weighted by molar-refractivity contribution is 7.13. The van der Waals surface area contributed by atoms with Crippen molar-refractivity contribution in [3.63, 3.8) is 0 Å². The minimum absolute atomic E-state index is 0.265. The van der Waals surface area contributed by atoms with Gasteiger partial charge in [0.1, 0.15) is 0 Å². The van der Waals surface area contributed by atoms with Gasteiger partial charge in [-0.25, -0.2) is 4.98 Å². The summed E-state index contributed by atoms with van der Waals surface area (Å²) >= 11 is 13.1. The van der Waals surface area contributed by atoms with Crippen LogP contribution in [0.3, 0.4) is 0 Å². The van der Waals surface area contributed by atoms with Crippen molar-refractivity contribution < 1.29 is 4.79 Å². The van der Waals surface area contributed by atoms with Gasteiger partial charge in [0.25, 0.3) is 5.91 Å². The van der Waals surface area contributed by atoms with Gasteiger partial charge >= 0.3 is 0 Å². The molecule has 2 aromatic rings. The maximum atomic E-state index is 11.8. The predicted molar refractivity (Wildman–Crippen MR) is 66.5 cm³/mol. The van der Waals surface area contributed by atoms with Gasteiger partial charge in [0.2, 0.25) is 0 Å². The van der Waals surface area contributed by atoms with Crippen LogP contribution in [0, 0.1) is 0 Å². The zero-order chi connectivity index (χ0) is 11.5. The molecule has 0 aliphatic rings. The molecule has 0 aliphatic heterocycles. The van der Waals surface area contributed by atoms with E-state index in [1.54, 1.807) is 29.8 Å². The first-order valence-electron chi connectivity index (χ1n) is 4.33. The molecule has 1 aromatic carbocycles. The van der Waals surface area contributed by atoms with Crippen molar-refractivity contribution in [2.45, 2.75) is 0 Å². The number of carbonyl (C=O) groups excluding carboxylic acids is 1. The standard InChI is InChI=1S/C10H6Cl2N2OS/c11-6-2-1-3-7(12)8(6)9(15)14-10-13-4-5-16-10/h1-5H,(H,13,14,15). The summed E-state index contributed by atoms with van der Waals surface area (Å²) in [5.41, 5.74) is 0.265. The number of nitrogens with zero attached hydrogens (tertiary/aromatic N) is 1. The molecule has 0 spiro atoms. The van der Waals surface area contributed by atoms with Crippen molar-refractivity contribution >= 4 is 45.6 Å². The van der Waals surface area contributed by atoms with Gasteiger partial charge in [-0.3, -0.25) is 10.1 Å². The molecule has 0 unspecified atom stereocenters. The van der Waals surface area contributed by atoms with E-state index in [1.807, 2.05) is 0 Å². The molecule has 0 radical (unpaired) electrons. The molecule has 0 saturated heterocycles. The first-order valence-corrected chi connectivity index (χ1v) is 5.97. The number of rotatable bonds is 2. The summed E-state index contributed by atoms with van der Waals surface area (Å²) in [5, 5.41) is 5.54. The lowest BCUT2D eigenvalue weighted by Gasteiger charge is -2.05. The Balaban J connectivity index is 2.28. The van der Waals surface area contributed by atoms with Crippen molar-refractivity contribution in [1.29, 1.82) is 0 Å². The van der Waals surface area contributed by atoms with Crippen LogP contribution in [0.4, 0.5) is 5.13 Å². The minimum Gasteiger partial charge on any atom is -0.298 e. The lowest BCUT2D eigenvalue weighted by molar-refractivity contribution is 0.102. The van der Waals surface area contributed by atoms with Crippen LogP contribution >= 0.6 is 34.5 Å². The lowest BCUT2D eigenvalue weighted by atomic mass is 10.2. The molecule has 0 atom stereocenters. The minimum atomic E-state index is -0.356. The number of halogens is 2. The third-order valence-electron chi connectivity index (χ3n) is 1.84. The number of nitrogens with one attached hydrogen (secondary N) is 1. The van der Waals surface area contributed by atoms with Gasteiger partial charge in [-0.1, -0.05) is 29.3 Å². The van der Waals surface area contributed by atoms with Crippen LogP contribution < -0.4 is 5.32 Å². The molecule has 0 saturated carbocycles. The molecule has 6 heteroatoms. The Labute approximate surface area is 106 Å². The zero-order valence-corrected chi connectivity index (χ0v) is 10.2. The molecule has 16 heavy (non-hydrogen) atoms. The van der Waals surface area contributed by atoms with Crippen molar-refractivity contribution in [3.05, 3.63) is 45.4 Å². The van der Waals surface area contributed by atoms with E-state index < -0.39 is 0 Å². The molecule has 2 rings (SSSR count). The number of carbonyl (C=O) groups is 1. The molecular formula is C10H6Cl2N2OS. The fourth-order valence-electron chi connectivity index (χ4n) is 1.16. The van der Waals surface area contributed by atoms with Crippen molar-refractivity contribution in [3.8, 4) is 0 Å². The quantitative estimate of drug-likeness (QED) is 0.906. The van der Waals surface area contributed by atoms with Crippen LogP contribution in [0.1, 0.15) is 10.4 Å². The highest BCUT2D eigenvalue weighted by atomic mass is 35.5. The van der Waals surface area contributed by atoms with E-state index in [-0.39, 0.29) is 11.5 Å². The second kappa shape index (κ2) is 4.82. The lowest BCUT2D eigenvalue weighted by Crippen LogP contribution is -2.12. The normalized spacial score (nSPS) is 10.1. The highest BCUT2D eigenvalue weighted by Gasteiger charge is 2.15. The largest absolute Gasteiger partial charge is 0.298 e. The highest BCUT2D eigenvalue weighted by Crippen LogP contribution is 2.25. The Hall–Kier alpha value is -1.10. The molecule has 0 aliphatic carbocycles. The third-order valence-corrected chi connectivity index (χ3v) is 3.16. The van der Waals surface area contributed by atoms with E-state index >= 15 is 0 Å². The van der Waals surface area contributed by atoms with E-state index in [0.717, 1.165) is 0 Å². The second-order valence-corrected chi connectivity index (χ2v) is 4.60. The van der Waals surface area contributed by atoms with Crippen LogP contribution in [0.25, 0.3) is 0 Å². The van der Waals surface area contributed by atoms with Crippen molar-refractivity contribution in [2.75, 3.05) is 5.32 Å². The van der Waals surface area contributed by atoms with Gasteiger partial charge in [0.05, 0.1) is 15.6 Å². The molecule has 1 aromatic heterocycles. The van der Waals surface area contributed by atoms with Gasteiger partial charge in [-0.2, -0.15) is 0 Å². The average Bonchev–Trinajstić information content (AvgIpc) is 2.70. The van der Waals surface area contributed by atoms with Crippen LogP contribution in [-0.4, -0.2) is 10.9 Å². The maximum Gasteiger partial charge on any atom is 0.260 e. The van der Waals surface area contributed by atoms with Crippen LogP contribution in [0.15, 0.2) is 29.8 Å². The molecule has 1 amide bonds. The Kier molecular flexibility index (Phi) is 3.43. The van der Waals surface area contributed by atoms with Gasteiger partial charge in [0.15, 0.2) is 5.13 Å². The van der Waals surface area contributed by atoms with Gasteiger partial charge in [-0.15, -0.1) is 11.3 Å². The molecule has 3 nitrogen and oxygen atoms in total. The smallest absolute Gasteiger partial charge is 0.260 e. The monoisotopic (exact) mass is 272 g/mol. The maximum absolute atomic E-state index is 11.8. The second-order valence-electron chi connectivity index (χ2n) is 2.89. The van der Waals surface area contributed by atoms with E-state index in [0.29, 0.717) is 15.2 Å². The van der Waals surface area contributed by atoms with Crippen molar-refractivity contribution in [2.24, 2.45) is 0 Å². The summed E-state index contributed by atoms with van der Waals surface area (Å²) in [5.74, 6) is -0.356. The number of aromatic nitrogens is 1. The first-order chi connectivity index (χ1) is 7.68. The number of hydrogen-bond donors (Lipinski definition) is 1. The SMILES string of the molecule is O=C(Nc1nccs1)c1c(Cl)cccc1Cl. The Morgan fingerprint density at radius 3 is 2.56 bits per heavy atom.